The highest BCUT2D eigenvalue weighted by atomic mass is 35.5. The van der Waals surface area contributed by atoms with Gasteiger partial charge < -0.3 is 14.6 Å². The van der Waals surface area contributed by atoms with Crippen molar-refractivity contribution in [1.82, 2.24) is 10.2 Å². The second kappa shape index (κ2) is 9.40. The molecule has 0 radical (unpaired) electrons. The summed E-state index contributed by atoms with van der Waals surface area (Å²) in [7, 11) is 0. The molecule has 1 N–H and O–H groups in total. The first-order valence-corrected chi connectivity index (χ1v) is 9.52. The molecule has 2 heterocycles. The molecule has 6 heteroatoms. The average Bonchev–Trinajstić information content (AvgIpc) is 3.15. The lowest BCUT2D eigenvalue weighted by Crippen LogP contribution is -2.37. The van der Waals surface area contributed by atoms with Crippen LogP contribution in [0.5, 0.6) is 0 Å². The largest absolute Gasteiger partial charge is 0.457 e. The van der Waals surface area contributed by atoms with Gasteiger partial charge in [-0.2, -0.15) is 5.26 Å². The number of carbonyl (C=O) groups excluding carboxylic acids is 1. The lowest BCUT2D eigenvalue weighted by molar-refractivity contribution is -0.117. The molecule has 1 aliphatic rings. The molecule has 0 bridgehead atoms. The van der Waals surface area contributed by atoms with Gasteiger partial charge in [-0.1, -0.05) is 30.2 Å². The molecule has 3 rings (SSSR count). The Balaban J connectivity index is 1.61. The lowest BCUT2D eigenvalue weighted by Gasteiger charge is -2.26. The van der Waals surface area contributed by atoms with Gasteiger partial charge in [-0.3, -0.25) is 4.79 Å². The second-order valence-electron chi connectivity index (χ2n) is 6.51. The third kappa shape index (κ3) is 5.22. The van der Waals surface area contributed by atoms with Crippen molar-refractivity contribution in [3.63, 3.8) is 0 Å². The lowest BCUT2D eigenvalue weighted by atomic mass is 10.1. The minimum Gasteiger partial charge on any atom is -0.457 e. The molecule has 1 fully saturated rings. The number of piperidine rings is 1. The van der Waals surface area contributed by atoms with E-state index in [1.807, 2.05) is 24.3 Å². The van der Waals surface area contributed by atoms with E-state index in [4.69, 9.17) is 16.0 Å². The molecular formula is C21H22ClN3O2. The highest BCUT2D eigenvalue weighted by Gasteiger charge is 2.13. The Kier molecular flexibility index (Phi) is 6.69. The van der Waals surface area contributed by atoms with E-state index in [1.54, 1.807) is 18.2 Å². The highest BCUT2D eigenvalue weighted by molar-refractivity contribution is 6.33. The van der Waals surface area contributed by atoms with Gasteiger partial charge in [0.2, 0.25) is 0 Å². The van der Waals surface area contributed by atoms with Gasteiger partial charge in [-0.05, 0) is 50.2 Å². The first kappa shape index (κ1) is 19.2. The van der Waals surface area contributed by atoms with Crippen LogP contribution in [0, 0.1) is 11.3 Å². The topological polar surface area (TPSA) is 69.3 Å². The number of hydrogen-bond donors (Lipinski definition) is 1. The van der Waals surface area contributed by atoms with E-state index in [9.17, 15) is 10.1 Å². The monoisotopic (exact) mass is 383 g/mol. The number of amides is 1. The zero-order valence-electron chi connectivity index (χ0n) is 15.1. The molecule has 27 heavy (non-hydrogen) atoms. The zero-order valence-corrected chi connectivity index (χ0v) is 15.8. The molecule has 0 aliphatic carbocycles. The Morgan fingerprint density at radius 1 is 1.22 bits per heavy atom. The Morgan fingerprint density at radius 3 is 2.74 bits per heavy atom. The van der Waals surface area contributed by atoms with Gasteiger partial charge in [0.05, 0.1) is 5.02 Å². The number of carbonyl (C=O) groups is 1. The summed E-state index contributed by atoms with van der Waals surface area (Å²) in [4.78, 5) is 14.6. The van der Waals surface area contributed by atoms with Gasteiger partial charge in [0.1, 0.15) is 23.2 Å². The van der Waals surface area contributed by atoms with Crippen molar-refractivity contribution < 1.29 is 9.21 Å². The van der Waals surface area contributed by atoms with Crippen molar-refractivity contribution in [3.8, 4) is 17.4 Å². The summed E-state index contributed by atoms with van der Waals surface area (Å²) < 4.78 is 5.73. The molecule has 1 aromatic carbocycles. The van der Waals surface area contributed by atoms with Crippen LogP contribution in [-0.4, -0.2) is 37.0 Å². The van der Waals surface area contributed by atoms with E-state index < -0.39 is 0 Å². The number of halogens is 1. The van der Waals surface area contributed by atoms with Crippen LogP contribution in [0.15, 0.2) is 46.4 Å². The molecule has 0 atom stereocenters. The highest BCUT2D eigenvalue weighted by Crippen LogP contribution is 2.29. The number of hydrogen-bond acceptors (Lipinski definition) is 4. The van der Waals surface area contributed by atoms with Gasteiger partial charge in [0.15, 0.2) is 0 Å². The van der Waals surface area contributed by atoms with Crippen molar-refractivity contribution in [2.75, 3.05) is 26.2 Å². The van der Waals surface area contributed by atoms with Crippen molar-refractivity contribution in [3.05, 3.63) is 52.8 Å². The van der Waals surface area contributed by atoms with Crippen LogP contribution in [-0.2, 0) is 4.79 Å². The molecular weight excluding hydrogens is 362 g/mol. The Bertz CT molecular complexity index is 860. The van der Waals surface area contributed by atoms with Crippen LogP contribution < -0.4 is 5.32 Å². The first-order chi connectivity index (χ1) is 13.2. The van der Waals surface area contributed by atoms with Gasteiger partial charge >= 0.3 is 0 Å². The Morgan fingerprint density at radius 2 is 2.00 bits per heavy atom. The van der Waals surface area contributed by atoms with Gasteiger partial charge in [-0.25, -0.2) is 0 Å². The van der Waals surface area contributed by atoms with Gasteiger partial charge in [0, 0.05) is 24.7 Å². The minimum atomic E-state index is -0.384. The van der Waals surface area contributed by atoms with Crippen molar-refractivity contribution in [1.29, 1.82) is 5.26 Å². The van der Waals surface area contributed by atoms with Crippen LogP contribution in [0.25, 0.3) is 17.4 Å². The van der Waals surface area contributed by atoms with Crippen LogP contribution in [0.2, 0.25) is 5.02 Å². The van der Waals surface area contributed by atoms with E-state index in [1.165, 1.54) is 25.3 Å². The van der Waals surface area contributed by atoms with E-state index in [-0.39, 0.29) is 11.5 Å². The van der Waals surface area contributed by atoms with Crippen LogP contribution in [0.4, 0.5) is 0 Å². The molecule has 1 aliphatic heterocycles. The number of nitrogens with one attached hydrogen (secondary N) is 1. The van der Waals surface area contributed by atoms with Crippen molar-refractivity contribution in [2.45, 2.75) is 19.3 Å². The third-order valence-electron chi connectivity index (χ3n) is 4.58. The molecule has 0 unspecified atom stereocenters. The molecule has 1 aromatic heterocycles. The predicted molar refractivity (Wildman–Crippen MR) is 106 cm³/mol. The number of rotatable bonds is 6. The minimum absolute atomic E-state index is 0.0219. The number of likely N-dealkylation sites (tertiary alicyclic amines) is 1. The van der Waals surface area contributed by atoms with Crippen LogP contribution in [0.3, 0.4) is 0 Å². The summed E-state index contributed by atoms with van der Waals surface area (Å²) in [5.41, 5.74) is 0.789. The molecule has 2 aromatic rings. The summed E-state index contributed by atoms with van der Waals surface area (Å²) >= 11 is 6.18. The van der Waals surface area contributed by atoms with E-state index in [2.05, 4.69) is 10.2 Å². The molecule has 5 nitrogen and oxygen atoms in total. The Labute approximate surface area is 164 Å². The maximum atomic E-state index is 12.3. The summed E-state index contributed by atoms with van der Waals surface area (Å²) in [6.07, 6.45) is 5.16. The fourth-order valence-corrected chi connectivity index (χ4v) is 3.36. The smallest absolute Gasteiger partial charge is 0.262 e. The standard InChI is InChI=1S/C21H22ClN3O2/c22-19-7-3-2-6-18(19)20-9-8-17(27-20)14-16(15-23)21(26)24-10-13-25-11-4-1-5-12-25/h2-3,6-9,14H,1,4-5,10-13H2,(H,24,26). The van der Waals surface area contributed by atoms with E-state index in [0.29, 0.717) is 23.1 Å². The molecule has 1 amide bonds. The average molecular weight is 384 g/mol. The molecule has 1 saturated heterocycles. The fraction of sp³-hybridized carbons (Fsp3) is 0.333. The predicted octanol–water partition coefficient (Wildman–Crippen LogP) is 4.11. The first-order valence-electron chi connectivity index (χ1n) is 9.14. The fourth-order valence-electron chi connectivity index (χ4n) is 3.13. The summed E-state index contributed by atoms with van der Waals surface area (Å²) in [5.74, 6) is 0.646. The maximum absolute atomic E-state index is 12.3. The maximum Gasteiger partial charge on any atom is 0.262 e. The third-order valence-corrected chi connectivity index (χ3v) is 4.91. The molecule has 0 saturated carbocycles. The van der Waals surface area contributed by atoms with Crippen LogP contribution in [0.1, 0.15) is 25.0 Å². The molecule has 0 spiro atoms. The van der Waals surface area contributed by atoms with E-state index >= 15 is 0 Å². The van der Waals surface area contributed by atoms with Crippen molar-refractivity contribution in [2.24, 2.45) is 0 Å². The number of nitrogens with zero attached hydrogens (tertiary/aromatic N) is 2. The quantitative estimate of drug-likeness (QED) is 0.602. The normalized spacial score (nSPS) is 15.3. The summed E-state index contributed by atoms with van der Waals surface area (Å²) in [6.45, 7) is 3.49. The SMILES string of the molecule is N#CC(=Cc1ccc(-c2ccccc2Cl)o1)C(=O)NCCN1CCCCC1. The van der Waals surface area contributed by atoms with Gasteiger partial charge in [0.25, 0.3) is 5.91 Å². The van der Waals surface area contributed by atoms with E-state index in [0.717, 1.165) is 25.2 Å². The number of furan rings is 1. The number of benzene rings is 1. The van der Waals surface area contributed by atoms with Gasteiger partial charge in [-0.15, -0.1) is 0 Å². The Hall–Kier alpha value is -2.55. The zero-order chi connectivity index (χ0) is 19.1. The van der Waals surface area contributed by atoms with Crippen molar-refractivity contribution >= 4 is 23.6 Å². The van der Waals surface area contributed by atoms with Crippen LogP contribution >= 0.6 is 11.6 Å². The molecule has 140 valence electrons. The second-order valence-corrected chi connectivity index (χ2v) is 6.92. The summed E-state index contributed by atoms with van der Waals surface area (Å²) in [5, 5.41) is 12.7. The summed E-state index contributed by atoms with van der Waals surface area (Å²) in [6, 6.07) is 12.8. The number of nitriles is 1.